The first kappa shape index (κ1) is 14.1. The van der Waals surface area contributed by atoms with Crippen LogP contribution in [0, 0.1) is 11.3 Å². The molecule has 1 saturated carbocycles. The van der Waals surface area contributed by atoms with Gasteiger partial charge in [-0.1, -0.05) is 31.0 Å². The summed E-state index contributed by atoms with van der Waals surface area (Å²) in [7, 11) is 0. The van der Waals surface area contributed by atoms with Crippen LogP contribution in [0.1, 0.15) is 36.0 Å². The van der Waals surface area contributed by atoms with Gasteiger partial charge in [-0.25, -0.2) is 0 Å². The first-order valence-corrected chi connectivity index (χ1v) is 6.71. The molecule has 1 aliphatic carbocycles. The van der Waals surface area contributed by atoms with Crippen LogP contribution in [-0.2, 0) is 4.79 Å². The minimum atomic E-state index is -0.871. The summed E-state index contributed by atoms with van der Waals surface area (Å²) in [5, 5.41) is 14.0. The Morgan fingerprint density at radius 2 is 1.85 bits per heavy atom. The molecule has 5 heteroatoms. The Kier molecular flexibility index (Phi) is 4.36. The number of benzene rings is 1. The molecule has 2 N–H and O–H groups in total. The molecule has 0 radical (unpaired) electrons. The van der Waals surface area contributed by atoms with Crippen molar-refractivity contribution in [2.45, 2.75) is 31.2 Å². The van der Waals surface area contributed by atoms with Gasteiger partial charge in [0.15, 0.2) is 0 Å². The standard InChI is InChI=1S/C15H17N3O2/c16-10-11-17-14(20)15(8-4-5-9-15)18-13(19)12-6-2-1-3-7-12/h1-3,6-7H,4-5,8-9,11H2,(H,17,20)(H,18,19). The van der Waals surface area contributed by atoms with Crippen LogP contribution in [0.3, 0.4) is 0 Å². The number of hydrogen-bond donors (Lipinski definition) is 2. The summed E-state index contributed by atoms with van der Waals surface area (Å²) in [5.74, 6) is -0.513. The molecule has 2 rings (SSSR count). The Hall–Kier alpha value is -2.35. The third-order valence-corrected chi connectivity index (χ3v) is 3.61. The highest BCUT2D eigenvalue weighted by atomic mass is 16.2. The highest BCUT2D eigenvalue weighted by molar-refractivity contribution is 5.99. The number of amides is 2. The van der Waals surface area contributed by atoms with Gasteiger partial charge in [0.05, 0.1) is 6.07 Å². The van der Waals surface area contributed by atoms with E-state index in [0.29, 0.717) is 18.4 Å². The number of carbonyl (C=O) groups is 2. The molecule has 0 aromatic heterocycles. The average molecular weight is 271 g/mol. The molecule has 0 bridgehead atoms. The quantitative estimate of drug-likeness (QED) is 0.811. The SMILES string of the molecule is N#CCNC(=O)C1(NC(=O)c2ccccc2)CCCC1. The second-order valence-electron chi connectivity index (χ2n) is 4.95. The third-order valence-electron chi connectivity index (χ3n) is 3.61. The molecule has 0 saturated heterocycles. The van der Waals surface area contributed by atoms with E-state index in [1.54, 1.807) is 24.3 Å². The van der Waals surface area contributed by atoms with Crippen molar-refractivity contribution < 1.29 is 9.59 Å². The molecule has 1 aromatic carbocycles. The lowest BCUT2D eigenvalue weighted by atomic mass is 9.95. The zero-order valence-electron chi connectivity index (χ0n) is 11.2. The second kappa shape index (κ2) is 6.20. The molecule has 0 spiro atoms. The van der Waals surface area contributed by atoms with E-state index < -0.39 is 5.54 Å². The summed E-state index contributed by atoms with van der Waals surface area (Å²) in [6.45, 7) is -0.0399. The van der Waals surface area contributed by atoms with E-state index in [9.17, 15) is 9.59 Å². The van der Waals surface area contributed by atoms with Crippen molar-refractivity contribution >= 4 is 11.8 Å². The van der Waals surface area contributed by atoms with Gasteiger partial charge in [-0.2, -0.15) is 5.26 Å². The van der Waals surface area contributed by atoms with Gasteiger partial charge in [-0.3, -0.25) is 9.59 Å². The van der Waals surface area contributed by atoms with E-state index in [4.69, 9.17) is 5.26 Å². The first-order valence-electron chi connectivity index (χ1n) is 6.71. The van der Waals surface area contributed by atoms with Gasteiger partial charge in [0.2, 0.25) is 5.91 Å². The fraction of sp³-hybridized carbons (Fsp3) is 0.400. The van der Waals surface area contributed by atoms with E-state index in [-0.39, 0.29) is 18.4 Å². The molecule has 20 heavy (non-hydrogen) atoms. The Balaban J connectivity index is 2.12. The van der Waals surface area contributed by atoms with Gasteiger partial charge in [0, 0.05) is 5.56 Å². The topological polar surface area (TPSA) is 82.0 Å². The summed E-state index contributed by atoms with van der Waals surface area (Å²) >= 11 is 0. The van der Waals surface area contributed by atoms with Crippen molar-refractivity contribution in [3.63, 3.8) is 0 Å². The smallest absolute Gasteiger partial charge is 0.252 e. The van der Waals surface area contributed by atoms with Crippen LogP contribution in [0.15, 0.2) is 30.3 Å². The lowest BCUT2D eigenvalue weighted by Gasteiger charge is -2.28. The van der Waals surface area contributed by atoms with E-state index in [2.05, 4.69) is 10.6 Å². The molecule has 1 aromatic rings. The maximum Gasteiger partial charge on any atom is 0.252 e. The van der Waals surface area contributed by atoms with Crippen molar-refractivity contribution in [2.24, 2.45) is 0 Å². The van der Waals surface area contributed by atoms with Crippen LogP contribution in [0.5, 0.6) is 0 Å². The van der Waals surface area contributed by atoms with E-state index in [0.717, 1.165) is 12.8 Å². The van der Waals surface area contributed by atoms with Gasteiger partial charge < -0.3 is 10.6 Å². The lowest BCUT2D eigenvalue weighted by molar-refractivity contribution is -0.126. The molecule has 0 aliphatic heterocycles. The Labute approximate surface area is 118 Å². The number of rotatable bonds is 4. The summed E-state index contributed by atoms with van der Waals surface area (Å²) < 4.78 is 0. The average Bonchev–Trinajstić information content (AvgIpc) is 2.95. The van der Waals surface area contributed by atoms with Crippen LogP contribution < -0.4 is 10.6 Å². The highest BCUT2D eigenvalue weighted by Gasteiger charge is 2.42. The van der Waals surface area contributed by atoms with Crippen LogP contribution >= 0.6 is 0 Å². The summed E-state index contributed by atoms with van der Waals surface area (Å²) in [6.07, 6.45) is 3.02. The molecule has 1 aliphatic rings. The molecular weight excluding hydrogens is 254 g/mol. The van der Waals surface area contributed by atoms with Crippen molar-refractivity contribution in [1.29, 1.82) is 5.26 Å². The van der Waals surface area contributed by atoms with Gasteiger partial charge >= 0.3 is 0 Å². The molecule has 5 nitrogen and oxygen atoms in total. The fourth-order valence-electron chi connectivity index (χ4n) is 2.56. The van der Waals surface area contributed by atoms with Crippen LogP contribution in [0.25, 0.3) is 0 Å². The van der Waals surface area contributed by atoms with Crippen LogP contribution in [0.4, 0.5) is 0 Å². The minimum absolute atomic E-state index is 0.0399. The van der Waals surface area contributed by atoms with Crippen LogP contribution in [-0.4, -0.2) is 23.9 Å². The second-order valence-corrected chi connectivity index (χ2v) is 4.95. The minimum Gasteiger partial charge on any atom is -0.341 e. The van der Waals surface area contributed by atoms with Crippen molar-refractivity contribution in [2.75, 3.05) is 6.54 Å². The fourth-order valence-corrected chi connectivity index (χ4v) is 2.56. The Morgan fingerprint density at radius 3 is 2.45 bits per heavy atom. The van der Waals surface area contributed by atoms with Gasteiger partial charge in [-0.15, -0.1) is 0 Å². The summed E-state index contributed by atoms with van der Waals surface area (Å²) in [5.41, 5.74) is -0.337. The Bertz CT molecular complexity index is 528. The molecule has 0 unspecified atom stereocenters. The summed E-state index contributed by atoms with van der Waals surface area (Å²) in [4.78, 5) is 24.4. The van der Waals surface area contributed by atoms with E-state index in [1.807, 2.05) is 12.1 Å². The lowest BCUT2D eigenvalue weighted by Crippen LogP contribution is -2.57. The monoisotopic (exact) mass is 271 g/mol. The molecular formula is C15H17N3O2. The molecule has 104 valence electrons. The van der Waals surface area contributed by atoms with Crippen molar-refractivity contribution in [1.82, 2.24) is 10.6 Å². The van der Waals surface area contributed by atoms with Crippen molar-refractivity contribution in [3.8, 4) is 6.07 Å². The van der Waals surface area contributed by atoms with Gasteiger partial charge in [0.25, 0.3) is 5.91 Å². The molecule has 0 heterocycles. The first-order chi connectivity index (χ1) is 9.68. The maximum absolute atomic E-state index is 12.2. The third kappa shape index (κ3) is 2.97. The zero-order chi connectivity index (χ0) is 14.4. The van der Waals surface area contributed by atoms with E-state index >= 15 is 0 Å². The zero-order valence-corrected chi connectivity index (χ0v) is 11.2. The van der Waals surface area contributed by atoms with Gasteiger partial charge in [-0.05, 0) is 25.0 Å². The number of carbonyl (C=O) groups excluding carboxylic acids is 2. The number of hydrogen-bond acceptors (Lipinski definition) is 3. The maximum atomic E-state index is 12.2. The molecule has 0 atom stereocenters. The predicted molar refractivity (Wildman–Crippen MR) is 73.7 cm³/mol. The number of nitriles is 1. The molecule has 1 fully saturated rings. The largest absolute Gasteiger partial charge is 0.341 e. The normalized spacial score (nSPS) is 16.1. The van der Waals surface area contributed by atoms with Crippen LogP contribution in [0.2, 0.25) is 0 Å². The summed E-state index contributed by atoms with van der Waals surface area (Å²) in [6, 6.07) is 10.7. The number of nitrogens with one attached hydrogen (secondary N) is 2. The van der Waals surface area contributed by atoms with Gasteiger partial charge in [0.1, 0.15) is 12.1 Å². The van der Waals surface area contributed by atoms with Crippen molar-refractivity contribution in [3.05, 3.63) is 35.9 Å². The molecule has 2 amide bonds. The highest BCUT2D eigenvalue weighted by Crippen LogP contribution is 2.30. The predicted octanol–water partition coefficient (Wildman–Crippen LogP) is 1.37. The van der Waals surface area contributed by atoms with E-state index in [1.165, 1.54) is 0 Å². The number of nitrogens with zero attached hydrogens (tertiary/aromatic N) is 1. The Morgan fingerprint density at radius 1 is 1.20 bits per heavy atom.